The van der Waals surface area contributed by atoms with Gasteiger partial charge in [0.05, 0.1) is 23.4 Å². The van der Waals surface area contributed by atoms with Gasteiger partial charge in [0.25, 0.3) is 5.56 Å². The summed E-state index contributed by atoms with van der Waals surface area (Å²) in [5.41, 5.74) is 2.68. The zero-order valence-corrected chi connectivity index (χ0v) is 16.3. The van der Waals surface area contributed by atoms with Crippen LogP contribution in [0.4, 0.5) is 0 Å². The lowest BCUT2D eigenvalue weighted by molar-refractivity contribution is 0.415. The minimum Gasteiger partial charge on any atom is -0.497 e. The molecule has 5 nitrogen and oxygen atoms in total. The number of halogens is 1. The zero-order valence-electron chi connectivity index (χ0n) is 14.8. The molecule has 0 aliphatic rings. The van der Waals surface area contributed by atoms with Crippen LogP contribution in [0.2, 0.25) is 5.02 Å². The highest BCUT2D eigenvalue weighted by Gasteiger charge is 2.17. The Morgan fingerprint density at radius 3 is 2.59 bits per heavy atom. The molecule has 0 unspecified atom stereocenters. The maximum Gasteiger partial charge on any atom is 0.294 e. The van der Waals surface area contributed by atoms with Gasteiger partial charge in [0.15, 0.2) is 5.52 Å². The highest BCUT2D eigenvalue weighted by atomic mass is 35.5. The Bertz CT molecular complexity index is 1180. The van der Waals surface area contributed by atoms with Gasteiger partial charge < -0.3 is 4.74 Å². The van der Waals surface area contributed by atoms with E-state index in [1.54, 1.807) is 13.2 Å². The molecule has 4 rings (SSSR count). The molecule has 2 heterocycles. The molecular formula is C20H16ClN3O2S. The number of nitrogens with zero attached hydrogens (tertiary/aromatic N) is 3. The largest absolute Gasteiger partial charge is 0.497 e. The van der Waals surface area contributed by atoms with E-state index in [9.17, 15) is 4.79 Å². The van der Waals surface area contributed by atoms with Gasteiger partial charge in [-0.1, -0.05) is 29.8 Å². The van der Waals surface area contributed by atoms with Gasteiger partial charge >= 0.3 is 0 Å². The molecule has 4 aromatic rings. The second kappa shape index (κ2) is 7.13. The number of methoxy groups -OCH3 is 1. The molecule has 2 aromatic heterocycles. The first-order valence-electron chi connectivity index (χ1n) is 8.33. The number of aryl methyl sites for hydroxylation is 1. The summed E-state index contributed by atoms with van der Waals surface area (Å²) in [5.74, 6) is 0.764. The van der Waals surface area contributed by atoms with Crippen LogP contribution in [0.5, 0.6) is 5.75 Å². The lowest BCUT2D eigenvalue weighted by Crippen LogP contribution is -2.24. The number of hydrogen-bond donors (Lipinski definition) is 0. The van der Waals surface area contributed by atoms with Crippen molar-refractivity contribution in [1.82, 2.24) is 14.8 Å². The highest BCUT2D eigenvalue weighted by molar-refractivity contribution is 7.19. The smallest absolute Gasteiger partial charge is 0.294 e. The van der Waals surface area contributed by atoms with Crippen LogP contribution >= 0.6 is 22.9 Å². The van der Waals surface area contributed by atoms with Crippen molar-refractivity contribution >= 4 is 33.2 Å². The lowest BCUT2D eigenvalue weighted by Gasteiger charge is -2.10. The predicted molar refractivity (Wildman–Crippen MR) is 109 cm³/mol. The fourth-order valence-corrected chi connectivity index (χ4v) is 4.01. The van der Waals surface area contributed by atoms with Crippen molar-refractivity contribution in [3.05, 3.63) is 74.5 Å². The predicted octanol–water partition coefficient (Wildman–Crippen LogP) is 4.54. The lowest BCUT2D eigenvalue weighted by atomic mass is 10.1. The van der Waals surface area contributed by atoms with E-state index in [-0.39, 0.29) is 12.1 Å². The number of rotatable bonds is 4. The molecule has 2 aromatic carbocycles. The van der Waals surface area contributed by atoms with Crippen molar-refractivity contribution in [1.29, 1.82) is 0 Å². The van der Waals surface area contributed by atoms with Gasteiger partial charge in [-0.25, -0.2) is 9.67 Å². The first-order valence-corrected chi connectivity index (χ1v) is 9.52. The molecule has 27 heavy (non-hydrogen) atoms. The van der Waals surface area contributed by atoms with E-state index < -0.39 is 0 Å². The van der Waals surface area contributed by atoms with Crippen LogP contribution in [0.25, 0.3) is 21.5 Å². The monoisotopic (exact) mass is 397 g/mol. The molecule has 0 aliphatic carbocycles. The van der Waals surface area contributed by atoms with Crippen LogP contribution in [0, 0.1) is 6.92 Å². The number of fused-ring (bicyclic) bond motifs is 1. The molecule has 0 saturated heterocycles. The first-order chi connectivity index (χ1) is 13.1. The molecule has 0 N–H and O–H groups in total. The minimum absolute atomic E-state index is 0.216. The van der Waals surface area contributed by atoms with Gasteiger partial charge in [-0.2, -0.15) is 5.10 Å². The summed E-state index contributed by atoms with van der Waals surface area (Å²) in [4.78, 5) is 17.4. The summed E-state index contributed by atoms with van der Waals surface area (Å²) in [5, 5.41) is 6.08. The van der Waals surface area contributed by atoms with Crippen molar-refractivity contribution in [3.63, 3.8) is 0 Å². The van der Waals surface area contributed by atoms with Gasteiger partial charge in [-0.05, 0) is 42.8 Å². The van der Waals surface area contributed by atoms with Crippen LogP contribution in [0.3, 0.4) is 0 Å². The van der Waals surface area contributed by atoms with E-state index in [0.717, 1.165) is 32.3 Å². The van der Waals surface area contributed by atoms with E-state index in [1.165, 1.54) is 16.0 Å². The van der Waals surface area contributed by atoms with Gasteiger partial charge in [-0.3, -0.25) is 4.79 Å². The Balaban J connectivity index is 1.91. The molecule has 0 fully saturated rings. The van der Waals surface area contributed by atoms with E-state index in [1.807, 2.05) is 49.4 Å². The minimum atomic E-state index is -0.216. The average molecular weight is 398 g/mol. The third-order valence-corrected chi connectivity index (χ3v) is 5.59. The Morgan fingerprint density at radius 2 is 1.89 bits per heavy atom. The summed E-state index contributed by atoms with van der Waals surface area (Å²) in [6, 6.07) is 15.1. The van der Waals surface area contributed by atoms with E-state index in [2.05, 4.69) is 10.1 Å². The fraction of sp³-hybridized carbons (Fsp3) is 0.150. The molecule has 136 valence electrons. The number of benzene rings is 2. The summed E-state index contributed by atoms with van der Waals surface area (Å²) < 4.78 is 7.45. The Labute approximate surface area is 164 Å². The van der Waals surface area contributed by atoms with Crippen molar-refractivity contribution in [2.75, 3.05) is 7.11 Å². The molecule has 0 aliphatic heterocycles. The third-order valence-electron chi connectivity index (χ3n) is 4.25. The average Bonchev–Trinajstić information content (AvgIpc) is 3.08. The van der Waals surface area contributed by atoms with Crippen molar-refractivity contribution < 1.29 is 4.74 Å². The maximum atomic E-state index is 12.9. The standard InChI is InChI=1S/C20H16ClN3O2S/c1-12-22-18-19(27-12)17(13-7-9-15(26-2)10-8-13)23-24(20(18)25)11-14-5-3-4-6-16(14)21/h3-10H,11H2,1-2H3. The molecule has 0 bridgehead atoms. The Morgan fingerprint density at radius 1 is 1.15 bits per heavy atom. The normalized spacial score (nSPS) is 11.1. The van der Waals surface area contributed by atoms with Crippen LogP contribution in [-0.2, 0) is 6.54 Å². The van der Waals surface area contributed by atoms with E-state index in [4.69, 9.17) is 16.3 Å². The quantitative estimate of drug-likeness (QED) is 0.507. The second-order valence-corrected chi connectivity index (χ2v) is 7.65. The van der Waals surface area contributed by atoms with Crippen LogP contribution < -0.4 is 10.3 Å². The summed E-state index contributed by atoms with van der Waals surface area (Å²) in [6.45, 7) is 2.18. The summed E-state index contributed by atoms with van der Waals surface area (Å²) >= 11 is 7.74. The van der Waals surface area contributed by atoms with Crippen molar-refractivity contribution in [2.24, 2.45) is 0 Å². The molecule has 0 atom stereocenters. The molecule has 7 heteroatoms. The molecule has 0 spiro atoms. The molecule has 0 saturated carbocycles. The van der Waals surface area contributed by atoms with Gasteiger partial charge in [0, 0.05) is 10.6 Å². The Kier molecular flexibility index (Phi) is 4.68. The number of ether oxygens (including phenoxy) is 1. The topological polar surface area (TPSA) is 57.0 Å². The third kappa shape index (κ3) is 3.34. The van der Waals surface area contributed by atoms with Crippen LogP contribution in [-0.4, -0.2) is 21.9 Å². The summed E-state index contributed by atoms with van der Waals surface area (Å²) in [6.07, 6.45) is 0. The van der Waals surface area contributed by atoms with E-state index >= 15 is 0 Å². The van der Waals surface area contributed by atoms with Crippen LogP contribution in [0.1, 0.15) is 10.6 Å². The first kappa shape index (κ1) is 17.7. The molecule has 0 radical (unpaired) electrons. The SMILES string of the molecule is COc1ccc(-c2nn(Cc3ccccc3Cl)c(=O)c3nc(C)sc23)cc1. The summed E-state index contributed by atoms with van der Waals surface area (Å²) in [7, 11) is 1.63. The van der Waals surface area contributed by atoms with Gasteiger partial charge in [-0.15, -0.1) is 11.3 Å². The number of aromatic nitrogens is 3. The van der Waals surface area contributed by atoms with Crippen molar-refractivity contribution in [3.8, 4) is 17.0 Å². The van der Waals surface area contributed by atoms with Gasteiger partial charge in [0.2, 0.25) is 0 Å². The molecule has 0 amide bonds. The maximum absolute atomic E-state index is 12.9. The fourth-order valence-electron chi connectivity index (χ4n) is 2.90. The van der Waals surface area contributed by atoms with Crippen LogP contribution in [0.15, 0.2) is 53.3 Å². The highest BCUT2D eigenvalue weighted by Crippen LogP contribution is 2.30. The van der Waals surface area contributed by atoms with Gasteiger partial charge in [0.1, 0.15) is 11.4 Å². The molecular weight excluding hydrogens is 382 g/mol. The van der Waals surface area contributed by atoms with Crippen molar-refractivity contribution in [2.45, 2.75) is 13.5 Å². The second-order valence-electron chi connectivity index (χ2n) is 6.04. The van der Waals surface area contributed by atoms with E-state index in [0.29, 0.717) is 10.5 Å². The number of hydrogen-bond acceptors (Lipinski definition) is 5. The zero-order chi connectivity index (χ0) is 19.0. The Hall–Kier alpha value is -2.70. The number of thiazole rings is 1.